The maximum Gasteiger partial charge on any atom is 0.237 e. The van der Waals surface area contributed by atoms with Crippen LogP contribution in [0.1, 0.15) is 18.7 Å². The van der Waals surface area contributed by atoms with Crippen LogP contribution in [0.5, 0.6) is 0 Å². The molecule has 0 unspecified atom stereocenters. The Morgan fingerprint density at radius 2 is 2.07 bits per heavy atom. The molecule has 0 N–H and O–H groups in total. The molecule has 15 heavy (non-hydrogen) atoms. The van der Waals surface area contributed by atoms with Crippen molar-refractivity contribution in [3.8, 4) is 0 Å². The third-order valence-corrected chi connectivity index (χ3v) is 4.11. The minimum atomic E-state index is -3.48. The second kappa shape index (κ2) is 5.14. The van der Waals surface area contributed by atoms with E-state index in [1.54, 1.807) is 6.20 Å². The SMILES string of the molecule is CCN(CC)c1ncc(CS(=O)(=O)Cl)s1. The molecule has 0 radical (unpaired) electrons. The molecule has 0 aliphatic heterocycles. The Kier molecular flexibility index (Phi) is 4.36. The van der Waals surface area contributed by atoms with Gasteiger partial charge in [0.25, 0.3) is 0 Å². The molecule has 0 aliphatic carbocycles. The van der Waals surface area contributed by atoms with Crippen molar-refractivity contribution >= 4 is 36.2 Å². The molecule has 1 rings (SSSR count). The fourth-order valence-corrected chi connectivity index (χ4v) is 3.67. The van der Waals surface area contributed by atoms with Crippen molar-refractivity contribution < 1.29 is 8.42 Å². The van der Waals surface area contributed by atoms with E-state index in [2.05, 4.69) is 9.88 Å². The van der Waals surface area contributed by atoms with Crippen LogP contribution in [0.15, 0.2) is 6.20 Å². The van der Waals surface area contributed by atoms with Gasteiger partial charge in [0.1, 0.15) is 5.75 Å². The maximum atomic E-state index is 10.8. The molecule has 1 heterocycles. The summed E-state index contributed by atoms with van der Waals surface area (Å²) in [5.74, 6) is -0.145. The quantitative estimate of drug-likeness (QED) is 0.767. The van der Waals surface area contributed by atoms with Gasteiger partial charge in [-0.2, -0.15) is 0 Å². The molecule has 0 aromatic carbocycles. The number of hydrogen-bond donors (Lipinski definition) is 0. The van der Waals surface area contributed by atoms with Crippen molar-refractivity contribution in [2.45, 2.75) is 19.6 Å². The first-order valence-corrected chi connectivity index (χ1v) is 7.87. The maximum absolute atomic E-state index is 10.8. The number of hydrogen-bond acceptors (Lipinski definition) is 5. The van der Waals surface area contributed by atoms with Gasteiger partial charge in [0.15, 0.2) is 5.13 Å². The molecule has 86 valence electrons. The van der Waals surface area contributed by atoms with E-state index in [0.29, 0.717) is 4.88 Å². The molecular formula is C8H13ClN2O2S2. The average Bonchev–Trinajstić information content (AvgIpc) is 2.52. The summed E-state index contributed by atoms with van der Waals surface area (Å²) in [7, 11) is 1.68. The van der Waals surface area contributed by atoms with Crippen molar-refractivity contribution in [1.29, 1.82) is 0 Å². The third kappa shape index (κ3) is 3.96. The van der Waals surface area contributed by atoms with E-state index in [0.717, 1.165) is 18.2 Å². The predicted molar refractivity (Wildman–Crippen MR) is 64.2 cm³/mol. The molecule has 0 saturated carbocycles. The lowest BCUT2D eigenvalue weighted by molar-refractivity contribution is 0.609. The molecule has 0 amide bonds. The van der Waals surface area contributed by atoms with Crippen LogP contribution in [-0.2, 0) is 14.8 Å². The lowest BCUT2D eigenvalue weighted by Gasteiger charge is -2.16. The Morgan fingerprint density at radius 3 is 2.53 bits per heavy atom. The molecule has 7 heteroatoms. The summed E-state index contributed by atoms with van der Waals surface area (Å²) in [5.41, 5.74) is 0. The first-order valence-electron chi connectivity index (χ1n) is 4.58. The smallest absolute Gasteiger partial charge is 0.237 e. The Morgan fingerprint density at radius 1 is 1.47 bits per heavy atom. The summed E-state index contributed by atoms with van der Waals surface area (Å²) in [5, 5.41) is 0.843. The summed E-state index contributed by atoms with van der Waals surface area (Å²) in [4.78, 5) is 6.90. The van der Waals surface area contributed by atoms with Gasteiger partial charge in [0, 0.05) is 34.8 Å². The lowest BCUT2D eigenvalue weighted by atomic mass is 10.6. The summed E-state index contributed by atoms with van der Waals surface area (Å²) < 4.78 is 21.7. The molecule has 0 aliphatic rings. The number of rotatable bonds is 5. The van der Waals surface area contributed by atoms with Gasteiger partial charge >= 0.3 is 0 Å². The lowest BCUT2D eigenvalue weighted by Crippen LogP contribution is -2.21. The van der Waals surface area contributed by atoms with Crippen LogP contribution < -0.4 is 4.90 Å². The van der Waals surface area contributed by atoms with Crippen molar-refractivity contribution in [2.24, 2.45) is 0 Å². The van der Waals surface area contributed by atoms with Crippen LogP contribution in [0.4, 0.5) is 5.13 Å². The summed E-state index contributed by atoms with van der Waals surface area (Å²) in [6.45, 7) is 5.78. The van der Waals surface area contributed by atoms with Gasteiger partial charge in [-0.3, -0.25) is 0 Å². The van der Waals surface area contributed by atoms with Crippen LogP contribution >= 0.6 is 22.0 Å². The highest BCUT2D eigenvalue weighted by molar-refractivity contribution is 8.13. The Labute approximate surface area is 98.3 Å². The summed E-state index contributed by atoms with van der Waals surface area (Å²) >= 11 is 1.37. The Balaban J connectivity index is 2.80. The second-order valence-electron chi connectivity index (χ2n) is 2.96. The third-order valence-electron chi connectivity index (χ3n) is 1.89. The fourth-order valence-electron chi connectivity index (χ4n) is 1.17. The van der Waals surface area contributed by atoms with Gasteiger partial charge in [0.2, 0.25) is 9.05 Å². The van der Waals surface area contributed by atoms with Crippen molar-refractivity contribution in [2.75, 3.05) is 18.0 Å². The zero-order valence-electron chi connectivity index (χ0n) is 8.60. The monoisotopic (exact) mass is 268 g/mol. The second-order valence-corrected chi connectivity index (χ2v) is 6.84. The molecular weight excluding hydrogens is 256 g/mol. The summed E-state index contributed by atoms with van der Waals surface area (Å²) in [6, 6.07) is 0. The van der Waals surface area contributed by atoms with Crippen molar-refractivity contribution in [1.82, 2.24) is 4.98 Å². The molecule has 1 aromatic rings. The summed E-state index contributed by atoms with van der Waals surface area (Å²) in [6.07, 6.45) is 1.57. The highest BCUT2D eigenvalue weighted by Crippen LogP contribution is 2.24. The predicted octanol–water partition coefficient (Wildman–Crippen LogP) is 2.06. The van der Waals surface area contributed by atoms with Gasteiger partial charge in [-0.25, -0.2) is 13.4 Å². The van der Waals surface area contributed by atoms with Gasteiger partial charge < -0.3 is 4.90 Å². The van der Waals surface area contributed by atoms with Gasteiger partial charge in [-0.05, 0) is 13.8 Å². The van der Waals surface area contributed by atoms with E-state index in [1.807, 2.05) is 13.8 Å². The normalized spacial score (nSPS) is 11.7. The van der Waals surface area contributed by atoms with Crippen LogP contribution in [0.2, 0.25) is 0 Å². The fraction of sp³-hybridized carbons (Fsp3) is 0.625. The van der Waals surface area contributed by atoms with Crippen molar-refractivity contribution in [3.05, 3.63) is 11.1 Å². The highest BCUT2D eigenvalue weighted by atomic mass is 35.7. The van der Waals surface area contributed by atoms with Crippen molar-refractivity contribution in [3.63, 3.8) is 0 Å². The minimum Gasteiger partial charge on any atom is -0.349 e. The van der Waals surface area contributed by atoms with Crippen LogP contribution in [-0.4, -0.2) is 26.5 Å². The number of thiazole rings is 1. The van der Waals surface area contributed by atoms with E-state index >= 15 is 0 Å². The number of nitrogens with zero attached hydrogens (tertiary/aromatic N) is 2. The van der Waals surface area contributed by atoms with Gasteiger partial charge in [0.05, 0.1) is 0 Å². The highest BCUT2D eigenvalue weighted by Gasteiger charge is 2.12. The molecule has 0 atom stereocenters. The molecule has 4 nitrogen and oxygen atoms in total. The minimum absolute atomic E-state index is 0.145. The number of halogens is 1. The molecule has 0 saturated heterocycles. The Bertz CT molecular complexity index is 412. The largest absolute Gasteiger partial charge is 0.349 e. The first kappa shape index (κ1) is 12.7. The zero-order valence-corrected chi connectivity index (χ0v) is 11.0. The topological polar surface area (TPSA) is 50.3 Å². The van der Waals surface area contributed by atoms with Gasteiger partial charge in [-0.15, -0.1) is 11.3 Å². The molecule has 0 bridgehead atoms. The molecule has 0 fully saturated rings. The van der Waals surface area contributed by atoms with Crippen LogP contribution in [0, 0.1) is 0 Å². The number of anilines is 1. The van der Waals surface area contributed by atoms with E-state index < -0.39 is 9.05 Å². The standard InChI is InChI=1S/C8H13ClN2O2S2/c1-3-11(4-2)8-10-5-7(14-8)6-15(9,12)13/h5H,3-4,6H2,1-2H3. The zero-order chi connectivity index (χ0) is 11.5. The Hall–Kier alpha value is -0.330. The van der Waals surface area contributed by atoms with Crippen LogP contribution in [0.25, 0.3) is 0 Å². The molecule has 0 spiro atoms. The van der Waals surface area contributed by atoms with Crippen LogP contribution in [0.3, 0.4) is 0 Å². The number of aromatic nitrogens is 1. The first-order chi connectivity index (χ1) is 6.96. The van der Waals surface area contributed by atoms with E-state index in [-0.39, 0.29) is 5.75 Å². The van der Waals surface area contributed by atoms with Gasteiger partial charge in [-0.1, -0.05) is 0 Å². The van der Waals surface area contributed by atoms with E-state index in [1.165, 1.54) is 11.3 Å². The average molecular weight is 269 g/mol. The van der Waals surface area contributed by atoms with E-state index in [4.69, 9.17) is 10.7 Å². The van der Waals surface area contributed by atoms with E-state index in [9.17, 15) is 8.42 Å². The molecule has 1 aromatic heterocycles.